The van der Waals surface area contributed by atoms with Gasteiger partial charge in [-0.2, -0.15) is 10.2 Å². The van der Waals surface area contributed by atoms with Crippen LogP contribution in [0.4, 0.5) is 10.5 Å². The molecule has 0 saturated carbocycles. The first-order chi connectivity index (χ1) is 12.0. The molecule has 0 radical (unpaired) electrons. The molecule has 2 heterocycles. The number of amides is 2. The van der Waals surface area contributed by atoms with E-state index in [1.54, 1.807) is 4.68 Å². The molecule has 0 saturated heterocycles. The summed E-state index contributed by atoms with van der Waals surface area (Å²) < 4.78 is 3.69. The number of aryl methyl sites for hydroxylation is 2. The maximum atomic E-state index is 12.2. The second kappa shape index (κ2) is 6.96. The molecule has 7 nitrogen and oxygen atoms in total. The number of rotatable bonds is 5. The first-order valence-corrected chi connectivity index (χ1v) is 8.51. The highest BCUT2D eigenvalue weighted by Crippen LogP contribution is 2.19. The fourth-order valence-corrected chi connectivity index (χ4v) is 2.77. The van der Waals surface area contributed by atoms with Crippen LogP contribution in [0.3, 0.4) is 0 Å². The summed E-state index contributed by atoms with van der Waals surface area (Å²) >= 11 is 0. The highest BCUT2D eigenvalue weighted by Gasteiger charge is 2.09. The van der Waals surface area contributed by atoms with Gasteiger partial charge in [-0.1, -0.05) is 6.92 Å². The fourth-order valence-electron chi connectivity index (χ4n) is 2.77. The molecule has 0 aliphatic carbocycles. The van der Waals surface area contributed by atoms with Crippen molar-refractivity contribution >= 4 is 22.6 Å². The van der Waals surface area contributed by atoms with Crippen LogP contribution in [-0.2, 0) is 20.0 Å². The molecule has 2 aromatic heterocycles. The van der Waals surface area contributed by atoms with Gasteiger partial charge in [0.25, 0.3) is 0 Å². The average Bonchev–Trinajstić information content (AvgIpc) is 3.15. The Morgan fingerprint density at radius 3 is 2.76 bits per heavy atom. The number of urea groups is 1. The van der Waals surface area contributed by atoms with Crippen LogP contribution in [0, 0.1) is 0 Å². The molecule has 3 rings (SSSR count). The van der Waals surface area contributed by atoms with Gasteiger partial charge in [-0.15, -0.1) is 0 Å². The molecule has 1 aromatic carbocycles. The van der Waals surface area contributed by atoms with E-state index < -0.39 is 0 Å². The van der Waals surface area contributed by atoms with Gasteiger partial charge in [-0.3, -0.25) is 9.36 Å². The van der Waals surface area contributed by atoms with Gasteiger partial charge in [0.15, 0.2) is 0 Å². The van der Waals surface area contributed by atoms with E-state index in [0.717, 1.165) is 34.3 Å². The molecule has 132 valence electrons. The predicted molar refractivity (Wildman–Crippen MR) is 98.6 cm³/mol. The third kappa shape index (κ3) is 3.81. The molecule has 7 heteroatoms. The average molecular weight is 340 g/mol. The molecule has 2 N–H and O–H groups in total. The molecule has 0 bridgehead atoms. The summed E-state index contributed by atoms with van der Waals surface area (Å²) in [5.74, 6) is 0. The van der Waals surface area contributed by atoms with Gasteiger partial charge in [0.1, 0.15) is 0 Å². The van der Waals surface area contributed by atoms with E-state index in [1.165, 1.54) is 0 Å². The summed E-state index contributed by atoms with van der Waals surface area (Å²) in [4.78, 5) is 12.2. The summed E-state index contributed by atoms with van der Waals surface area (Å²) in [5.41, 5.74) is 3.71. The van der Waals surface area contributed by atoms with Crippen molar-refractivity contribution in [2.75, 3.05) is 5.32 Å². The van der Waals surface area contributed by atoms with Crippen molar-refractivity contribution < 1.29 is 4.79 Å². The van der Waals surface area contributed by atoms with Crippen LogP contribution in [0.1, 0.15) is 38.1 Å². The maximum absolute atomic E-state index is 12.2. The Kier molecular flexibility index (Phi) is 4.74. The zero-order chi connectivity index (χ0) is 18.0. The Hall–Kier alpha value is -2.83. The Balaban J connectivity index is 1.65. The fraction of sp³-hybridized carbons (Fsp3) is 0.389. The van der Waals surface area contributed by atoms with E-state index in [1.807, 2.05) is 42.3 Å². The van der Waals surface area contributed by atoms with Gasteiger partial charge in [0, 0.05) is 48.7 Å². The first-order valence-electron chi connectivity index (χ1n) is 8.51. The lowest BCUT2D eigenvalue weighted by Crippen LogP contribution is -2.28. The molecule has 0 fully saturated rings. The summed E-state index contributed by atoms with van der Waals surface area (Å²) in [7, 11) is 1.88. The van der Waals surface area contributed by atoms with Crippen molar-refractivity contribution in [2.24, 2.45) is 7.05 Å². The second-order valence-electron chi connectivity index (χ2n) is 6.41. The molecule has 0 atom stereocenters. The van der Waals surface area contributed by atoms with Crippen molar-refractivity contribution in [1.82, 2.24) is 24.9 Å². The van der Waals surface area contributed by atoms with Gasteiger partial charge in [0.05, 0.1) is 11.2 Å². The summed E-state index contributed by atoms with van der Waals surface area (Å²) in [6.45, 7) is 6.68. The zero-order valence-electron chi connectivity index (χ0n) is 15.1. The van der Waals surface area contributed by atoms with Crippen LogP contribution in [0.25, 0.3) is 10.9 Å². The molecule has 2 amide bonds. The minimum absolute atomic E-state index is 0.235. The number of fused-ring (bicyclic) bond motifs is 1. The minimum atomic E-state index is -0.235. The Labute approximate surface area is 147 Å². The highest BCUT2D eigenvalue weighted by molar-refractivity contribution is 5.92. The molecule has 0 spiro atoms. The molecule has 0 unspecified atom stereocenters. The van der Waals surface area contributed by atoms with Gasteiger partial charge in [-0.05, 0) is 38.5 Å². The van der Waals surface area contributed by atoms with E-state index in [4.69, 9.17) is 0 Å². The molecule has 0 aliphatic rings. The van der Waals surface area contributed by atoms with Crippen molar-refractivity contribution in [1.29, 1.82) is 0 Å². The number of benzene rings is 1. The first kappa shape index (κ1) is 17.0. The SMILES string of the molecule is CCc1nn(C)cc1CNC(=O)Nc1ccc2nn(C(C)C)cc2c1. The third-order valence-corrected chi connectivity index (χ3v) is 4.08. The summed E-state index contributed by atoms with van der Waals surface area (Å²) in [5, 5.41) is 15.6. The molecule has 25 heavy (non-hydrogen) atoms. The Bertz CT molecular complexity index is 892. The molecule has 3 aromatic rings. The maximum Gasteiger partial charge on any atom is 0.319 e. The van der Waals surface area contributed by atoms with E-state index in [-0.39, 0.29) is 6.03 Å². The molecular weight excluding hydrogens is 316 g/mol. The van der Waals surface area contributed by atoms with Crippen LogP contribution < -0.4 is 10.6 Å². The van der Waals surface area contributed by atoms with Gasteiger partial charge < -0.3 is 10.6 Å². The Morgan fingerprint density at radius 1 is 1.24 bits per heavy atom. The van der Waals surface area contributed by atoms with E-state index in [2.05, 4.69) is 41.6 Å². The number of hydrogen-bond acceptors (Lipinski definition) is 3. The summed E-state index contributed by atoms with van der Waals surface area (Å²) in [6, 6.07) is 5.78. The van der Waals surface area contributed by atoms with Crippen LogP contribution in [-0.4, -0.2) is 25.6 Å². The van der Waals surface area contributed by atoms with Crippen LogP contribution >= 0.6 is 0 Å². The van der Waals surface area contributed by atoms with Crippen molar-refractivity contribution in [2.45, 2.75) is 39.8 Å². The standard InChI is InChI=1S/C18H24N6O/c1-5-16-14(10-23(4)21-16)9-19-18(25)20-15-6-7-17-13(8-15)11-24(22-17)12(2)3/h6-8,10-12H,5,9H2,1-4H3,(H2,19,20,25). The number of carbonyl (C=O) groups excluding carboxylic acids is 1. The molecular formula is C18H24N6O. The second-order valence-corrected chi connectivity index (χ2v) is 6.41. The van der Waals surface area contributed by atoms with E-state index in [0.29, 0.717) is 12.6 Å². The Morgan fingerprint density at radius 2 is 2.04 bits per heavy atom. The minimum Gasteiger partial charge on any atom is -0.334 e. The van der Waals surface area contributed by atoms with E-state index in [9.17, 15) is 4.79 Å². The zero-order valence-corrected chi connectivity index (χ0v) is 15.1. The van der Waals surface area contributed by atoms with Crippen LogP contribution in [0.2, 0.25) is 0 Å². The lowest BCUT2D eigenvalue weighted by molar-refractivity contribution is 0.251. The lowest BCUT2D eigenvalue weighted by atomic mass is 10.2. The smallest absolute Gasteiger partial charge is 0.319 e. The topological polar surface area (TPSA) is 76.8 Å². The van der Waals surface area contributed by atoms with Gasteiger partial charge >= 0.3 is 6.03 Å². The predicted octanol–water partition coefficient (Wildman–Crippen LogP) is 3.23. The van der Waals surface area contributed by atoms with Gasteiger partial charge in [0.2, 0.25) is 0 Å². The van der Waals surface area contributed by atoms with Crippen molar-refractivity contribution in [3.8, 4) is 0 Å². The van der Waals surface area contributed by atoms with Crippen LogP contribution in [0.15, 0.2) is 30.6 Å². The number of nitrogens with one attached hydrogen (secondary N) is 2. The highest BCUT2D eigenvalue weighted by atomic mass is 16.2. The van der Waals surface area contributed by atoms with Crippen LogP contribution in [0.5, 0.6) is 0 Å². The van der Waals surface area contributed by atoms with E-state index >= 15 is 0 Å². The van der Waals surface area contributed by atoms with Crippen molar-refractivity contribution in [3.05, 3.63) is 41.9 Å². The largest absolute Gasteiger partial charge is 0.334 e. The normalized spacial score (nSPS) is 11.2. The number of hydrogen-bond donors (Lipinski definition) is 2. The number of aromatic nitrogens is 4. The quantitative estimate of drug-likeness (QED) is 0.748. The lowest BCUT2D eigenvalue weighted by Gasteiger charge is -2.07. The monoisotopic (exact) mass is 340 g/mol. The number of anilines is 1. The third-order valence-electron chi connectivity index (χ3n) is 4.08. The number of nitrogens with zero attached hydrogens (tertiary/aromatic N) is 4. The van der Waals surface area contributed by atoms with Crippen molar-refractivity contribution in [3.63, 3.8) is 0 Å². The van der Waals surface area contributed by atoms with Gasteiger partial charge in [-0.25, -0.2) is 4.79 Å². The summed E-state index contributed by atoms with van der Waals surface area (Å²) in [6.07, 6.45) is 4.77. The molecule has 0 aliphatic heterocycles. The number of carbonyl (C=O) groups is 1.